The SMILES string of the molecule is CC[C@@H](O)C(C)(C)[C@@]1(O)Cc2ccccc21. The third-order valence-electron chi connectivity index (χ3n) is 4.19. The quantitative estimate of drug-likeness (QED) is 0.820. The van der Waals surface area contributed by atoms with Crippen LogP contribution in [0.1, 0.15) is 38.3 Å². The van der Waals surface area contributed by atoms with Gasteiger partial charge in [0.15, 0.2) is 0 Å². The summed E-state index contributed by atoms with van der Waals surface area (Å²) in [6, 6.07) is 7.93. The van der Waals surface area contributed by atoms with E-state index in [1.807, 2.05) is 45.0 Å². The molecule has 16 heavy (non-hydrogen) atoms. The third kappa shape index (κ3) is 1.33. The lowest BCUT2D eigenvalue weighted by molar-refractivity contribution is -0.147. The molecule has 2 rings (SSSR count). The molecule has 2 nitrogen and oxygen atoms in total. The lowest BCUT2D eigenvalue weighted by atomic mass is 9.57. The summed E-state index contributed by atoms with van der Waals surface area (Å²) in [6.45, 7) is 5.83. The maximum absolute atomic E-state index is 10.7. The zero-order chi connectivity index (χ0) is 12.0. The van der Waals surface area contributed by atoms with E-state index in [4.69, 9.17) is 0 Å². The van der Waals surface area contributed by atoms with Crippen molar-refractivity contribution >= 4 is 0 Å². The van der Waals surface area contributed by atoms with Gasteiger partial charge in [0.05, 0.1) is 6.10 Å². The van der Waals surface area contributed by atoms with Crippen LogP contribution in [0.4, 0.5) is 0 Å². The van der Waals surface area contributed by atoms with E-state index in [0.717, 1.165) is 5.56 Å². The van der Waals surface area contributed by atoms with Gasteiger partial charge in [0.25, 0.3) is 0 Å². The molecule has 0 aromatic heterocycles. The Kier molecular flexibility index (Phi) is 2.59. The van der Waals surface area contributed by atoms with Crippen LogP contribution in [0.2, 0.25) is 0 Å². The van der Waals surface area contributed by atoms with Crippen LogP contribution in [-0.2, 0) is 12.0 Å². The van der Waals surface area contributed by atoms with Crippen molar-refractivity contribution in [2.24, 2.45) is 5.41 Å². The first-order valence-electron chi connectivity index (χ1n) is 5.92. The van der Waals surface area contributed by atoms with Crippen molar-refractivity contribution in [2.75, 3.05) is 0 Å². The van der Waals surface area contributed by atoms with Crippen LogP contribution >= 0.6 is 0 Å². The first-order chi connectivity index (χ1) is 7.43. The summed E-state index contributed by atoms with van der Waals surface area (Å²) in [6.07, 6.45) is 0.830. The minimum Gasteiger partial charge on any atom is -0.392 e. The van der Waals surface area contributed by atoms with Crippen LogP contribution in [0.5, 0.6) is 0 Å². The molecule has 1 aliphatic rings. The molecule has 2 N–H and O–H groups in total. The van der Waals surface area contributed by atoms with Gasteiger partial charge in [0.1, 0.15) is 5.60 Å². The van der Waals surface area contributed by atoms with Gasteiger partial charge >= 0.3 is 0 Å². The predicted octanol–water partition coefficient (Wildman–Crippen LogP) is 2.23. The van der Waals surface area contributed by atoms with Crippen LogP contribution in [0, 0.1) is 5.41 Å². The van der Waals surface area contributed by atoms with Gasteiger partial charge in [-0.15, -0.1) is 0 Å². The number of aliphatic hydroxyl groups excluding tert-OH is 1. The molecular formula is C14H20O2. The van der Waals surface area contributed by atoms with Crippen LogP contribution in [0.15, 0.2) is 24.3 Å². The highest BCUT2D eigenvalue weighted by Gasteiger charge is 2.54. The van der Waals surface area contributed by atoms with Crippen molar-refractivity contribution < 1.29 is 10.2 Å². The highest BCUT2D eigenvalue weighted by Crippen LogP contribution is 2.52. The van der Waals surface area contributed by atoms with Crippen LogP contribution in [0.25, 0.3) is 0 Å². The van der Waals surface area contributed by atoms with Gasteiger partial charge in [0, 0.05) is 11.8 Å². The summed E-state index contributed by atoms with van der Waals surface area (Å²) in [5, 5.41) is 20.8. The van der Waals surface area contributed by atoms with E-state index in [0.29, 0.717) is 12.8 Å². The zero-order valence-electron chi connectivity index (χ0n) is 10.2. The number of rotatable bonds is 3. The molecule has 0 aliphatic heterocycles. The first-order valence-corrected chi connectivity index (χ1v) is 5.92. The minimum atomic E-state index is -0.876. The van der Waals surface area contributed by atoms with E-state index in [2.05, 4.69) is 0 Å². The van der Waals surface area contributed by atoms with Crippen molar-refractivity contribution in [1.29, 1.82) is 0 Å². The van der Waals surface area contributed by atoms with Gasteiger partial charge in [-0.05, 0) is 17.5 Å². The number of hydrogen-bond donors (Lipinski definition) is 2. The molecule has 1 aromatic carbocycles. The van der Waals surface area contributed by atoms with Gasteiger partial charge in [-0.1, -0.05) is 45.0 Å². The minimum absolute atomic E-state index is 0.481. The third-order valence-corrected chi connectivity index (χ3v) is 4.19. The second kappa shape index (κ2) is 3.57. The van der Waals surface area contributed by atoms with E-state index in [-0.39, 0.29) is 0 Å². The van der Waals surface area contributed by atoms with E-state index in [1.54, 1.807) is 0 Å². The van der Waals surface area contributed by atoms with E-state index in [1.165, 1.54) is 5.56 Å². The molecule has 0 saturated heterocycles. The molecule has 2 atom stereocenters. The van der Waals surface area contributed by atoms with Gasteiger partial charge in [-0.25, -0.2) is 0 Å². The monoisotopic (exact) mass is 220 g/mol. The van der Waals surface area contributed by atoms with Crippen LogP contribution in [-0.4, -0.2) is 16.3 Å². The average molecular weight is 220 g/mol. The summed E-state index contributed by atoms with van der Waals surface area (Å²) >= 11 is 0. The maximum atomic E-state index is 10.7. The highest BCUT2D eigenvalue weighted by atomic mass is 16.3. The maximum Gasteiger partial charge on any atom is 0.101 e. The fourth-order valence-corrected chi connectivity index (χ4v) is 2.70. The first kappa shape index (κ1) is 11.6. The number of fused-ring (bicyclic) bond motifs is 1. The lowest BCUT2D eigenvalue weighted by Crippen LogP contribution is -2.55. The van der Waals surface area contributed by atoms with E-state index >= 15 is 0 Å². The molecular weight excluding hydrogens is 200 g/mol. The Labute approximate surface area is 96.9 Å². The normalized spacial score (nSPS) is 25.8. The average Bonchev–Trinajstić information content (AvgIpc) is 2.26. The number of hydrogen-bond acceptors (Lipinski definition) is 2. The van der Waals surface area contributed by atoms with Gasteiger partial charge < -0.3 is 10.2 Å². The molecule has 1 aliphatic carbocycles. The Morgan fingerprint density at radius 2 is 2.00 bits per heavy atom. The molecule has 2 heteroatoms. The summed E-state index contributed by atoms with van der Waals surface area (Å²) in [7, 11) is 0. The molecule has 0 saturated carbocycles. The fraction of sp³-hybridized carbons (Fsp3) is 0.571. The topological polar surface area (TPSA) is 40.5 Å². The Morgan fingerprint density at radius 3 is 2.56 bits per heavy atom. The smallest absolute Gasteiger partial charge is 0.101 e. The van der Waals surface area contributed by atoms with E-state index in [9.17, 15) is 10.2 Å². The Hall–Kier alpha value is -0.860. The van der Waals surface area contributed by atoms with Gasteiger partial charge in [-0.3, -0.25) is 0 Å². The molecule has 0 heterocycles. The Balaban J connectivity index is 2.37. The standard InChI is InChI=1S/C14H20O2/c1-4-12(15)13(2,3)14(16)9-10-7-5-6-8-11(10)14/h5-8,12,15-16H,4,9H2,1-3H3/t12-,14-/m1/s1. The summed E-state index contributed by atoms with van der Waals surface area (Å²) < 4.78 is 0. The van der Waals surface area contributed by atoms with Crippen LogP contribution < -0.4 is 0 Å². The Morgan fingerprint density at radius 1 is 1.38 bits per heavy atom. The van der Waals surface area contributed by atoms with Crippen molar-refractivity contribution in [2.45, 2.75) is 45.3 Å². The van der Waals surface area contributed by atoms with Gasteiger partial charge in [0.2, 0.25) is 0 Å². The molecule has 0 spiro atoms. The summed E-state index contributed by atoms with van der Waals surface area (Å²) in [5.41, 5.74) is 0.795. The molecule has 1 aromatic rings. The second-order valence-corrected chi connectivity index (χ2v) is 5.34. The molecule has 0 amide bonds. The van der Waals surface area contributed by atoms with Crippen molar-refractivity contribution in [1.82, 2.24) is 0 Å². The molecule has 0 fully saturated rings. The summed E-state index contributed by atoms with van der Waals surface area (Å²) in [5.74, 6) is 0. The number of aliphatic hydroxyl groups is 2. The van der Waals surface area contributed by atoms with Crippen molar-refractivity contribution in [3.05, 3.63) is 35.4 Å². The fourth-order valence-electron chi connectivity index (χ4n) is 2.70. The van der Waals surface area contributed by atoms with E-state index < -0.39 is 17.1 Å². The molecule has 0 radical (unpaired) electrons. The van der Waals surface area contributed by atoms with Crippen molar-refractivity contribution in [3.8, 4) is 0 Å². The zero-order valence-corrected chi connectivity index (χ0v) is 10.2. The van der Waals surface area contributed by atoms with Crippen molar-refractivity contribution in [3.63, 3.8) is 0 Å². The van der Waals surface area contributed by atoms with Crippen LogP contribution in [0.3, 0.4) is 0 Å². The molecule has 0 bridgehead atoms. The predicted molar refractivity (Wildman–Crippen MR) is 64.1 cm³/mol. The molecule has 0 unspecified atom stereocenters. The number of benzene rings is 1. The Bertz CT molecular complexity index is 397. The molecule has 88 valence electrons. The highest BCUT2D eigenvalue weighted by molar-refractivity contribution is 5.44. The van der Waals surface area contributed by atoms with Gasteiger partial charge in [-0.2, -0.15) is 0 Å². The summed E-state index contributed by atoms with van der Waals surface area (Å²) in [4.78, 5) is 0. The largest absolute Gasteiger partial charge is 0.392 e. The second-order valence-electron chi connectivity index (χ2n) is 5.34. The lowest BCUT2D eigenvalue weighted by Gasteiger charge is -2.52.